The number of halogens is 3. The molecule has 0 aromatic carbocycles. The maximum atomic E-state index is 12.7. The van der Waals surface area contributed by atoms with Crippen molar-refractivity contribution in [3.8, 4) is 5.88 Å². The van der Waals surface area contributed by atoms with Gasteiger partial charge in [-0.3, -0.25) is 0 Å². The summed E-state index contributed by atoms with van der Waals surface area (Å²) in [5.41, 5.74) is 0.737. The predicted molar refractivity (Wildman–Crippen MR) is 70.8 cm³/mol. The third-order valence-corrected chi connectivity index (χ3v) is 3.54. The topological polar surface area (TPSA) is 34.1 Å². The molecule has 1 fully saturated rings. The minimum absolute atomic E-state index is 0.136. The lowest BCUT2D eigenvalue weighted by molar-refractivity contribution is -0.182. The number of alkyl halides is 3. The molecule has 112 valence electrons. The van der Waals surface area contributed by atoms with Gasteiger partial charge in [0.15, 0.2) is 0 Å². The Labute approximate surface area is 116 Å². The maximum absolute atomic E-state index is 12.7. The Balaban J connectivity index is 1.92. The Hall–Kier alpha value is -1.46. The Morgan fingerprint density at radius 2 is 2.15 bits per heavy atom. The molecule has 20 heavy (non-hydrogen) atoms. The van der Waals surface area contributed by atoms with Crippen LogP contribution in [-0.4, -0.2) is 23.8 Å². The number of nitrogens with zero attached hydrogens (tertiary/aromatic N) is 1. The first-order valence-corrected chi connectivity index (χ1v) is 6.91. The summed E-state index contributed by atoms with van der Waals surface area (Å²) >= 11 is 0. The van der Waals surface area contributed by atoms with Crippen LogP contribution in [0.15, 0.2) is 18.3 Å². The molecule has 6 heteroatoms. The van der Waals surface area contributed by atoms with E-state index < -0.39 is 12.1 Å². The van der Waals surface area contributed by atoms with Gasteiger partial charge in [-0.05, 0) is 32.3 Å². The molecule has 0 amide bonds. The van der Waals surface area contributed by atoms with Gasteiger partial charge in [-0.25, -0.2) is 4.98 Å². The maximum Gasteiger partial charge on any atom is 0.391 e. The number of nitrogens with one attached hydrogen (secondary N) is 1. The van der Waals surface area contributed by atoms with E-state index in [0.29, 0.717) is 18.9 Å². The molecule has 2 atom stereocenters. The van der Waals surface area contributed by atoms with Crippen LogP contribution in [0.5, 0.6) is 5.88 Å². The lowest BCUT2D eigenvalue weighted by atomic mass is 9.85. The van der Waals surface area contributed by atoms with Gasteiger partial charge in [-0.1, -0.05) is 6.42 Å². The summed E-state index contributed by atoms with van der Waals surface area (Å²) in [5, 5.41) is 3.13. The van der Waals surface area contributed by atoms with E-state index in [0.717, 1.165) is 12.1 Å². The summed E-state index contributed by atoms with van der Waals surface area (Å²) in [6.07, 6.45) is -0.744. The monoisotopic (exact) mass is 288 g/mol. The van der Waals surface area contributed by atoms with Crippen LogP contribution in [0.2, 0.25) is 0 Å². The van der Waals surface area contributed by atoms with Crippen LogP contribution in [0, 0.1) is 5.92 Å². The van der Waals surface area contributed by atoms with Gasteiger partial charge in [0.1, 0.15) is 0 Å². The number of anilines is 1. The molecule has 2 unspecified atom stereocenters. The van der Waals surface area contributed by atoms with E-state index in [1.165, 1.54) is 0 Å². The van der Waals surface area contributed by atoms with Gasteiger partial charge in [-0.15, -0.1) is 0 Å². The second kappa shape index (κ2) is 6.33. The second-order valence-electron chi connectivity index (χ2n) is 5.06. The average Bonchev–Trinajstić information content (AvgIpc) is 2.41. The first-order valence-electron chi connectivity index (χ1n) is 6.91. The highest BCUT2D eigenvalue weighted by Gasteiger charge is 2.42. The molecule has 3 nitrogen and oxygen atoms in total. The molecule has 0 bridgehead atoms. The molecule has 1 N–H and O–H groups in total. The Kier molecular flexibility index (Phi) is 4.73. The second-order valence-corrected chi connectivity index (χ2v) is 5.06. The van der Waals surface area contributed by atoms with E-state index in [2.05, 4.69) is 10.3 Å². The van der Waals surface area contributed by atoms with Crippen LogP contribution in [0.3, 0.4) is 0 Å². The number of ether oxygens (including phenoxy) is 1. The number of hydrogen-bond acceptors (Lipinski definition) is 3. The van der Waals surface area contributed by atoms with Gasteiger partial charge in [-0.2, -0.15) is 13.2 Å². The van der Waals surface area contributed by atoms with Crippen molar-refractivity contribution >= 4 is 5.69 Å². The number of pyridine rings is 1. The van der Waals surface area contributed by atoms with Crippen LogP contribution in [0.25, 0.3) is 0 Å². The van der Waals surface area contributed by atoms with Gasteiger partial charge in [0, 0.05) is 12.1 Å². The van der Waals surface area contributed by atoms with Crippen LogP contribution in [-0.2, 0) is 0 Å². The molecule has 1 saturated carbocycles. The molecule has 0 saturated heterocycles. The van der Waals surface area contributed by atoms with Crippen molar-refractivity contribution in [2.75, 3.05) is 11.9 Å². The first-order chi connectivity index (χ1) is 9.49. The van der Waals surface area contributed by atoms with Crippen LogP contribution in [0.4, 0.5) is 18.9 Å². The fraction of sp³-hybridized carbons (Fsp3) is 0.643. The summed E-state index contributed by atoms with van der Waals surface area (Å²) < 4.78 is 43.4. The first kappa shape index (κ1) is 14.9. The Morgan fingerprint density at radius 3 is 2.75 bits per heavy atom. The zero-order valence-corrected chi connectivity index (χ0v) is 11.4. The third-order valence-electron chi connectivity index (χ3n) is 3.54. The van der Waals surface area contributed by atoms with Crippen LogP contribution < -0.4 is 10.1 Å². The standard InChI is InChI=1S/C14H19F3N2O/c1-2-20-13-7-6-12(9-18-13)19-11-5-3-4-10(8-11)14(15,16)17/h6-7,9-11,19H,2-5,8H2,1H3. The molecule has 2 rings (SSSR count). The summed E-state index contributed by atoms with van der Waals surface area (Å²) in [4.78, 5) is 4.09. The minimum atomic E-state index is -4.09. The fourth-order valence-electron chi connectivity index (χ4n) is 2.55. The normalized spacial score (nSPS) is 23.4. The average molecular weight is 288 g/mol. The van der Waals surface area contributed by atoms with E-state index in [1.807, 2.05) is 6.92 Å². The highest BCUT2D eigenvalue weighted by atomic mass is 19.4. The van der Waals surface area contributed by atoms with E-state index in [4.69, 9.17) is 4.74 Å². The molecule has 0 radical (unpaired) electrons. The highest BCUT2D eigenvalue weighted by Crippen LogP contribution is 2.38. The Morgan fingerprint density at radius 1 is 1.35 bits per heavy atom. The van der Waals surface area contributed by atoms with Crippen molar-refractivity contribution in [3.05, 3.63) is 18.3 Å². The third kappa shape index (κ3) is 4.02. The molecular formula is C14H19F3N2O. The smallest absolute Gasteiger partial charge is 0.391 e. The van der Waals surface area contributed by atoms with E-state index >= 15 is 0 Å². The molecule has 1 aliphatic carbocycles. The highest BCUT2D eigenvalue weighted by molar-refractivity contribution is 5.43. The SMILES string of the molecule is CCOc1ccc(NC2CCCC(C(F)(F)F)C2)cn1. The zero-order valence-electron chi connectivity index (χ0n) is 11.4. The molecule has 0 spiro atoms. The van der Waals surface area contributed by atoms with Crippen molar-refractivity contribution in [1.82, 2.24) is 4.98 Å². The van der Waals surface area contributed by atoms with E-state index in [-0.39, 0.29) is 18.9 Å². The number of hydrogen-bond donors (Lipinski definition) is 1. The van der Waals surface area contributed by atoms with Crippen molar-refractivity contribution < 1.29 is 17.9 Å². The number of aromatic nitrogens is 1. The molecule has 1 heterocycles. The summed E-state index contributed by atoms with van der Waals surface area (Å²) in [6, 6.07) is 3.36. The molecule has 1 aromatic heterocycles. The summed E-state index contributed by atoms with van der Waals surface area (Å²) in [7, 11) is 0. The van der Waals surface area contributed by atoms with Gasteiger partial charge in [0.05, 0.1) is 24.4 Å². The quantitative estimate of drug-likeness (QED) is 0.909. The van der Waals surface area contributed by atoms with Gasteiger partial charge in [0.2, 0.25) is 5.88 Å². The van der Waals surface area contributed by atoms with Crippen molar-refractivity contribution in [1.29, 1.82) is 0 Å². The number of rotatable bonds is 4. The Bertz CT molecular complexity index is 419. The van der Waals surface area contributed by atoms with Crippen LogP contribution in [0.1, 0.15) is 32.6 Å². The molecule has 1 aromatic rings. The van der Waals surface area contributed by atoms with Crippen molar-refractivity contribution in [3.63, 3.8) is 0 Å². The molecular weight excluding hydrogens is 269 g/mol. The summed E-state index contributed by atoms with van der Waals surface area (Å²) in [5.74, 6) is -0.667. The van der Waals surface area contributed by atoms with E-state index in [1.54, 1.807) is 18.3 Å². The largest absolute Gasteiger partial charge is 0.478 e. The minimum Gasteiger partial charge on any atom is -0.478 e. The van der Waals surface area contributed by atoms with Crippen molar-refractivity contribution in [2.24, 2.45) is 5.92 Å². The lowest BCUT2D eigenvalue weighted by Gasteiger charge is -2.31. The van der Waals surface area contributed by atoms with Crippen molar-refractivity contribution in [2.45, 2.75) is 44.8 Å². The fourth-order valence-corrected chi connectivity index (χ4v) is 2.55. The van der Waals surface area contributed by atoms with Gasteiger partial charge in [0.25, 0.3) is 0 Å². The van der Waals surface area contributed by atoms with Gasteiger partial charge >= 0.3 is 6.18 Å². The zero-order chi connectivity index (χ0) is 14.6. The predicted octanol–water partition coefficient (Wildman–Crippen LogP) is 4.01. The van der Waals surface area contributed by atoms with E-state index in [9.17, 15) is 13.2 Å². The molecule has 1 aliphatic rings. The van der Waals surface area contributed by atoms with Crippen LogP contribution >= 0.6 is 0 Å². The molecule has 0 aliphatic heterocycles. The van der Waals surface area contributed by atoms with Gasteiger partial charge < -0.3 is 10.1 Å². The lowest BCUT2D eigenvalue weighted by Crippen LogP contribution is -2.34. The summed E-state index contributed by atoms with van der Waals surface area (Å²) in [6.45, 7) is 2.41.